The summed E-state index contributed by atoms with van der Waals surface area (Å²) in [6.07, 6.45) is 2.33. The van der Waals surface area contributed by atoms with E-state index in [1.54, 1.807) is 12.1 Å². The smallest absolute Gasteiger partial charge is 0.240 e. The van der Waals surface area contributed by atoms with Crippen molar-refractivity contribution in [2.24, 2.45) is 5.92 Å². The lowest BCUT2D eigenvalue weighted by molar-refractivity contribution is 0.0900. The fourth-order valence-electron chi connectivity index (χ4n) is 2.61. The summed E-state index contributed by atoms with van der Waals surface area (Å²) < 4.78 is 31.3. The van der Waals surface area contributed by atoms with Crippen molar-refractivity contribution >= 4 is 21.4 Å². The van der Waals surface area contributed by atoms with Gasteiger partial charge in [0.1, 0.15) is 0 Å². The Hall–Kier alpha value is -1.31. The summed E-state index contributed by atoms with van der Waals surface area (Å²) in [5.41, 5.74) is 7.12. The fourth-order valence-corrected chi connectivity index (χ4v) is 3.37. The van der Waals surface area contributed by atoms with E-state index in [0.717, 1.165) is 31.7 Å². The lowest BCUT2D eigenvalue weighted by Crippen LogP contribution is -2.23. The summed E-state index contributed by atoms with van der Waals surface area (Å²) in [5.74, 6) is 0.468. The van der Waals surface area contributed by atoms with E-state index in [9.17, 15) is 8.42 Å². The molecule has 6 nitrogen and oxygen atoms in total. The molecule has 118 valence electrons. The molecule has 2 rings (SSSR count). The van der Waals surface area contributed by atoms with Crippen LogP contribution >= 0.6 is 0 Å². The number of anilines is 2. The van der Waals surface area contributed by atoms with Crippen molar-refractivity contribution in [2.45, 2.75) is 30.8 Å². The molecule has 0 radical (unpaired) electrons. The third-order valence-corrected chi connectivity index (χ3v) is 5.32. The zero-order valence-electron chi connectivity index (χ0n) is 12.4. The van der Waals surface area contributed by atoms with E-state index in [2.05, 4.69) is 17.0 Å². The second kappa shape index (κ2) is 6.64. The molecule has 0 spiro atoms. The minimum absolute atomic E-state index is 0.170. The van der Waals surface area contributed by atoms with Gasteiger partial charge in [-0.1, -0.05) is 6.92 Å². The monoisotopic (exact) mass is 313 g/mol. The van der Waals surface area contributed by atoms with E-state index in [4.69, 9.17) is 10.5 Å². The normalized spacial score (nSPS) is 22.4. The first kappa shape index (κ1) is 16.1. The summed E-state index contributed by atoms with van der Waals surface area (Å²) in [4.78, 5) is 0.170. The Balaban J connectivity index is 2.05. The molecule has 1 heterocycles. The van der Waals surface area contributed by atoms with Gasteiger partial charge in [0.05, 0.1) is 22.4 Å². The average Bonchev–Trinajstić information content (AvgIpc) is 2.93. The van der Waals surface area contributed by atoms with Crippen LogP contribution in [0.5, 0.6) is 0 Å². The SMILES string of the molecule is CCC1OCCC1CNc1ccc(S(=O)(=O)NC)cc1N. The van der Waals surface area contributed by atoms with Gasteiger partial charge >= 0.3 is 0 Å². The van der Waals surface area contributed by atoms with Crippen LogP contribution in [0, 0.1) is 5.92 Å². The average molecular weight is 313 g/mol. The maximum absolute atomic E-state index is 11.7. The Labute approximate surface area is 126 Å². The number of hydrogen-bond donors (Lipinski definition) is 3. The molecule has 2 unspecified atom stereocenters. The highest BCUT2D eigenvalue weighted by molar-refractivity contribution is 7.89. The topological polar surface area (TPSA) is 93.4 Å². The van der Waals surface area contributed by atoms with Crippen molar-refractivity contribution in [3.8, 4) is 0 Å². The van der Waals surface area contributed by atoms with Gasteiger partial charge in [0, 0.05) is 19.1 Å². The first-order valence-corrected chi connectivity index (χ1v) is 8.64. The van der Waals surface area contributed by atoms with Crippen LogP contribution < -0.4 is 15.8 Å². The molecular weight excluding hydrogens is 290 g/mol. The molecular formula is C14H23N3O3S. The predicted octanol–water partition coefficient (Wildman–Crippen LogP) is 1.40. The van der Waals surface area contributed by atoms with Gasteiger partial charge in [0.15, 0.2) is 0 Å². The molecule has 0 aliphatic carbocycles. The van der Waals surface area contributed by atoms with Gasteiger partial charge in [-0.15, -0.1) is 0 Å². The molecule has 2 atom stereocenters. The summed E-state index contributed by atoms with van der Waals surface area (Å²) in [6, 6.07) is 4.72. The van der Waals surface area contributed by atoms with Gasteiger partial charge in [0.2, 0.25) is 10.0 Å². The number of hydrogen-bond acceptors (Lipinski definition) is 5. The van der Waals surface area contributed by atoms with E-state index in [1.807, 2.05) is 0 Å². The lowest BCUT2D eigenvalue weighted by Gasteiger charge is -2.19. The molecule has 1 aliphatic rings. The molecule has 0 amide bonds. The fraction of sp³-hybridized carbons (Fsp3) is 0.571. The van der Waals surface area contributed by atoms with Crippen LogP contribution in [0.25, 0.3) is 0 Å². The van der Waals surface area contributed by atoms with Gasteiger partial charge in [0.25, 0.3) is 0 Å². The molecule has 21 heavy (non-hydrogen) atoms. The van der Waals surface area contributed by atoms with E-state index in [0.29, 0.717) is 17.7 Å². The van der Waals surface area contributed by atoms with E-state index in [1.165, 1.54) is 13.1 Å². The number of nitrogen functional groups attached to an aromatic ring is 1. The highest BCUT2D eigenvalue weighted by Crippen LogP contribution is 2.26. The largest absolute Gasteiger partial charge is 0.397 e. The van der Waals surface area contributed by atoms with Crippen molar-refractivity contribution in [3.05, 3.63) is 18.2 Å². The Morgan fingerprint density at radius 2 is 2.19 bits per heavy atom. The molecule has 0 saturated carbocycles. The molecule has 1 saturated heterocycles. The molecule has 1 aliphatic heterocycles. The summed E-state index contributed by atoms with van der Waals surface area (Å²) in [5, 5.41) is 3.30. The molecule has 1 aromatic carbocycles. The molecule has 1 aromatic rings. The zero-order valence-corrected chi connectivity index (χ0v) is 13.2. The third-order valence-electron chi connectivity index (χ3n) is 3.91. The van der Waals surface area contributed by atoms with Crippen molar-refractivity contribution < 1.29 is 13.2 Å². The van der Waals surface area contributed by atoms with E-state index in [-0.39, 0.29) is 4.90 Å². The van der Waals surface area contributed by atoms with Gasteiger partial charge in [-0.25, -0.2) is 13.1 Å². The highest BCUT2D eigenvalue weighted by atomic mass is 32.2. The van der Waals surface area contributed by atoms with Crippen LogP contribution in [-0.2, 0) is 14.8 Å². The van der Waals surface area contributed by atoms with Gasteiger partial charge in [-0.2, -0.15) is 0 Å². The van der Waals surface area contributed by atoms with Crippen LogP contribution in [0.2, 0.25) is 0 Å². The Morgan fingerprint density at radius 1 is 1.43 bits per heavy atom. The van der Waals surface area contributed by atoms with Crippen molar-refractivity contribution in [1.82, 2.24) is 4.72 Å². The number of ether oxygens (including phenoxy) is 1. The first-order valence-electron chi connectivity index (χ1n) is 7.16. The van der Waals surface area contributed by atoms with Crippen LogP contribution in [0.15, 0.2) is 23.1 Å². The predicted molar refractivity (Wildman–Crippen MR) is 83.7 cm³/mol. The highest BCUT2D eigenvalue weighted by Gasteiger charge is 2.26. The minimum Gasteiger partial charge on any atom is -0.397 e. The Morgan fingerprint density at radius 3 is 2.81 bits per heavy atom. The van der Waals surface area contributed by atoms with Crippen molar-refractivity contribution in [2.75, 3.05) is 31.2 Å². The van der Waals surface area contributed by atoms with Crippen LogP contribution in [0.3, 0.4) is 0 Å². The Bertz CT molecular complexity index is 589. The quantitative estimate of drug-likeness (QED) is 0.690. The van der Waals surface area contributed by atoms with Gasteiger partial charge in [-0.3, -0.25) is 0 Å². The molecule has 0 aromatic heterocycles. The second-order valence-electron chi connectivity index (χ2n) is 5.20. The van der Waals surface area contributed by atoms with Crippen molar-refractivity contribution in [1.29, 1.82) is 0 Å². The Kier molecular flexibility index (Phi) is 5.08. The summed E-state index contributed by atoms with van der Waals surface area (Å²) in [7, 11) is -2.08. The molecule has 4 N–H and O–H groups in total. The number of nitrogens with one attached hydrogen (secondary N) is 2. The molecule has 7 heteroatoms. The minimum atomic E-state index is -3.46. The van der Waals surface area contributed by atoms with Crippen LogP contribution in [-0.4, -0.2) is 34.7 Å². The third kappa shape index (κ3) is 3.66. The molecule has 0 bridgehead atoms. The zero-order chi connectivity index (χ0) is 15.5. The molecule has 1 fully saturated rings. The number of benzene rings is 1. The van der Waals surface area contributed by atoms with E-state index < -0.39 is 10.0 Å². The van der Waals surface area contributed by atoms with Gasteiger partial charge < -0.3 is 15.8 Å². The van der Waals surface area contributed by atoms with Crippen LogP contribution in [0.4, 0.5) is 11.4 Å². The van der Waals surface area contributed by atoms with Crippen LogP contribution in [0.1, 0.15) is 19.8 Å². The van der Waals surface area contributed by atoms with Crippen molar-refractivity contribution in [3.63, 3.8) is 0 Å². The first-order chi connectivity index (χ1) is 9.97. The maximum atomic E-state index is 11.7. The number of rotatable bonds is 6. The maximum Gasteiger partial charge on any atom is 0.240 e. The van der Waals surface area contributed by atoms with E-state index >= 15 is 0 Å². The summed E-state index contributed by atoms with van der Waals surface area (Å²) in [6.45, 7) is 3.70. The standard InChI is InChI=1S/C14H23N3O3S/c1-3-14-10(6-7-20-14)9-17-13-5-4-11(8-12(13)15)21(18,19)16-2/h4-5,8,10,14,16-17H,3,6-7,9,15H2,1-2H3. The van der Waals surface area contributed by atoms with Gasteiger partial charge in [-0.05, 0) is 38.1 Å². The number of nitrogens with two attached hydrogens (primary N) is 1. The lowest BCUT2D eigenvalue weighted by atomic mass is 9.99. The summed E-state index contributed by atoms with van der Waals surface area (Å²) >= 11 is 0. The second-order valence-corrected chi connectivity index (χ2v) is 7.09. The number of sulfonamides is 1.